The van der Waals surface area contributed by atoms with Gasteiger partial charge < -0.3 is 5.73 Å². The van der Waals surface area contributed by atoms with E-state index in [1.54, 1.807) is 11.8 Å². The first-order valence-corrected chi connectivity index (χ1v) is 3.35. The Morgan fingerprint density at radius 3 is 2.50 bits per heavy atom. The van der Waals surface area contributed by atoms with E-state index in [0.29, 0.717) is 0 Å². The Morgan fingerprint density at radius 2 is 2.33 bits per heavy atom. The van der Waals surface area contributed by atoms with E-state index >= 15 is 0 Å². The Bertz CT molecular complexity index is 19.5. The average Bonchev–Trinajstić information content (AvgIpc) is 1.61. The van der Waals surface area contributed by atoms with E-state index in [0.717, 1.165) is 5.88 Å². The van der Waals surface area contributed by atoms with Gasteiger partial charge in [-0.1, -0.05) is 6.92 Å². The molecule has 0 saturated carbocycles. The topological polar surface area (TPSA) is 26.0 Å². The molecule has 0 aliphatic rings. The third-order valence-corrected chi connectivity index (χ3v) is 1.40. The second-order valence-corrected chi connectivity index (χ2v) is 2.22. The summed E-state index contributed by atoms with van der Waals surface area (Å²) in [7, 11) is 0. The molecule has 0 atom stereocenters. The fraction of sp³-hybridized carbons (Fsp3) is 1.00. The van der Waals surface area contributed by atoms with E-state index < -0.39 is 0 Å². The lowest BCUT2D eigenvalue weighted by Gasteiger charge is -1.87. The molecular formula is C4H11NS. The number of hydrogen-bond donors (Lipinski definition) is 1. The standard InChI is InChI=1S/C4H11NS/c1-2-3-6-4-5/h2-5H2,1H3. The lowest BCUT2D eigenvalue weighted by atomic mass is 10.6. The minimum absolute atomic E-state index is 0.772. The number of hydrogen-bond acceptors (Lipinski definition) is 2. The van der Waals surface area contributed by atoms with Gasteiger partial charge in [0.05, 0.1) is 0 Å². The molecular weight excluding hydrogens is 94.1 g/mol. The van der Waals surface area contributed by atoms with Gasteiger partial charge in [0.15, 0.2) is 0 Å². The van der Waals surface area contributed by atoms with Crippen molar-refractivity contribution in [2.24, 2.45) is 5.73 Å². The summed E-state index contributed by atoms with van der Waals surface area (Å²) in [6, 6.07) is 0. The normalized spacial score (nSPS) is 9.00. The molecule has 0 unspecified atom stereocenters. The van der Waals surface area contributed by atoms with Crippen molar-refractivity contribution in [3.05, 3.63) is 0 Å². The minimum atomic E-state index is 0.772. The quantitative estimate of drug-likeness (QED) is 0.429. The number of thioether (sulfide) groups is 1. The van der Waals surface area contributed by atoms with E-state index in [-0.39, 0.29) is 0 Å². The summed E-state index contributed by atoms with van der Waals surface area (Å²) in [6.07, 6.45) is 1.24. The lowest BCUT2D eigenvalue weighted by Crippen LogP contribution is -1.92. The van der Waals surface area contributed by atoms with Crippen LogP contribution in [-0.2, 0) is 0 Å². The van der Waals surface area contributed by atoms with E-state index in [1.165, 1.54) is 12.2 Å². The van der Waals surface area contributed by atoms with Gasteiger partial charge >= 0.3 is 0 Å². The highest BCUT2D eigenvalue weighted by atomic mass is 32.2. The minimum Gasteiger partial charge on any atom is -0.322 e. The van der Waals surface area contributed by atoms with Crippen LogP contribution in [0.4, 0.5) is 0 Å². The molecule has 0 saturated heterocycles. The van der Waals surface area contributed by atoms with Crippen LogP contribution >= 0.6 is 11.8 Å². The van der Waals surface area contributed by atoms with Crippen molar-refractivity contribution in [1.29, 1.82) is 0 Å². The molecule has 0 aromatic carbocycles. The molecule has 6 heavy (non-hydrogen) atoms. The second kappa shape index (κ2) is 5.31. The molecule has 0 aliphatic heterocycles. The van der Waals surface area contributed by atoms with Gasteiger partial charge in [-0.25, -0.2) is 0 Å². The van der Waals surface area contributed by atoms with Gasteiger partial charge in [0.1, 0.15) is 0 Å². The maximum Gasteiger partial charge on any atom is 0.0392 e. The van der Waals surface area contributed by atoms with Crippen LogP contribution < -0.4 is 5.73 Å². The SMILES string of the molecule is CCCSCN. The van der Waals surface area contributed by atoms with E-state index in [4.69, 9.17) is 5.73 Å². The van der Waals surface area contributed by atoms with Crippen molar-refractivity contribution < 1.29 is 0 Å². The van der Waals surface area contributed by atoms with Crippen molar-refractivity contribution in [1.82, 2.24) is 0 Å². The summed E-state index contributed by atoms with van der Waals surface area (Å²) in [5.74, 6) is 1.98. The van der Waals surface area contributed by atoms with Crippen molar-refractivity contribution in [3.8, 4) is 0 Å². The van der Waals surface area contributed by atoms with Crippen LogP contribution in [0.3, 0.4) is 0 Å². The Labute approximate surface area is 43.3 Å². The molecule has 0 bridgehead atoms. The van der Waals surface area contributed by atoms with Gasteiger partial charge in [-0.05, 0) is 12.2 Å². The first kappa shape index (κ1) is 6.31. The Kier molecular flexibility index (Phi) is 5.58. The largest absolute Gasteiger partial charge is 0.322 e. The van der Waals surface area contributed by atoms with Crippen molar-refractivity contribution in [2.75, 3.05) is 11.6 Å². The van der Waals surface area contributed by atoms with Crippen LogP contribution in [0.1, 0.15) is 13.3 Å². The average molecular weight is 105 g/mol. The molecule has 2 N–H and O–H groups in total. The third-order valence-electron chi connectivity index (χ3n) is 0.466. The molecule has 0 aromatic heterocycles. The van der Waals surface area contributed by atoms with Crippen LogP contribution in [-0.4, -0.2) is 11.6 Å². The van der Waals surface area contributed by atoms with Gasteiger partial charge in [0, 0.05) is 5.88 Å². The molecule has 0 rings (SSSR count). The molecule has 2 heteroatoms. The highest BCUT2D eigenvalue weighted by Crippen LogP contribution is 1.95. The summed E-state index contributed by atoms with van der Waals surface area (Å²) >= 11 is 1.79. The van der Waals surface area contributed by atoms with Gasteiger partial charge in [0.25, 0.3) is 0 Å². The van der Waals surface area contributed by atoms with Crippen molar-refractivity contribution in [2.45, 2.75) is 13.3 Å². The van der Waals surface area contributed by atoms with E-state index in [2.05, 4.69) is 6.92 Å². The van der Waals surface area contributed by atoms with Gasteiger partial charge in [-0.2, -0.15) is 0 Å². The zero-order valence-corrected chi connectivity index (χ0v) is 4.92. The zero-order valence-electron chi connectivity index (χ0n) is 4.11. The monoisotopic (exact) mass is 105 g/mol. The maximum atomic E-state index is 5.18. The number of rotatable bonds is 3. The lowest BCUT2D eigenvalue weighted by molar-refractivity contribution is 1.10. The summed E-state index contributed by atoms with van der Waals surface area (Å²) in [4.78, 5) is 0. The van der Waals surface area contributed by atoms with Crippen LogP contribution in [0, 0.1) is 0 Å². The molecule has 1 nitrogen and oxygen atoms in total. The summed E-state index contributed by atoms with van der Waals surface area (Å²) < 4.78 is 0. The molecule has 0 aliphatic carbocycles. The van der Waals surface area contributed by atoms with Crippen LogP contribution in [0.15, 0.2) is 0 Å². The molecule has 0 amide bonds. The molecule has 38 valence electrons. The summed E-state index contributed by atoms with van der Waals surface area (Å²) in [6.45, 7) is 2.16. The maximum absolute atomic E-state index is 5.18. The smallest absolute Gasteiger partial charge is 0.0392 e. The first-order chi connectivity index (χ1) is 2.91. The zero-order chi connectivity index (χ0) is 4.83. The van der Waals surface area contributed by atoms with Crippen LogP contribution in [0.2, 0.25) is 0 Å². The Morgan fingerprint density at radius 1 is 1.67 bits per heavy atom. The molecule has 0 radical (unpaired) electrons. The predicted octanol–water partition coefficient (Wildman–Crippen LogP) is 1.05. The highest BCUT2D eigenvalue weighted by molar-refractivity contribution is 7.99. The molecule has 0 fully saturated rings. The van der Waals surface area contributed by atoms with Gasteiger partial charge in [-0.3, -0.25) is 0 Å². The van der Waals surface area contributed by atoms with Crippen LogP contribution in [0.25, 0.3) is 0 Å². The van der Waals surface area contributed by atoms with E-state index in [9.17, 15) is 0 Å². The predicted molar refractivity (Wildman–Crippen MR) is 31.8 cm³/mol. The molecule has 0 aromatic rings. The van der Waals surface area contributed by atoms with Crippen molar-refractivity contribution >= 4 is 11.8 Å². The van der Waals surface area contributed by atoms with E-state index in [1.807, 2.05) is 0 Å². The molecule has 0 heterocycles. The number of nitrogens with two attached hydrogens (primary N) is 1. The fourth-order valence-electron chi connectivity index (χ4n) is 0.228. The van der Waals surface area contributed by atoms with Gasteiger partial charge in [0.2, 0.25) is 0 Å². The second-order valence-electron chi connectivity index (χ2n) is 1.07. The summed E-state index contributed by atoms with van der Waals surface area (Å²) in [5, 5.41) is 0. The fourth-order valence-corrected chi connectivity index (χ4v) is 0.683. The highest BCUT2D eigenvalue weighted by Gasteiger charge is 1.74. The summed E-state index contributed by atoms with van der Waals surface area (Å²) in [5.41, 5.74) is 5.18. The van der Waals surface area contributed by atoms with Crippen LogP contribution in [0.5, 0.6) is 0 Å². The Hall–Kier alpha value is 0.310. The van der Waals surface area contributed by atoms with Crippen molar-refractivity contribution in [3.63, 3.8) is 0 Å². The molecule has 0 spiro atoms. The Balaban J connectivity index is 2.34. The third kappa shape index (κ3) is 4.31. The first-order valence-electron chi connectivity index (χ1n) is 2.19. The van der Waals surface area contributed by atoms with Gasteiger partial charge in [-0.15, -0.1) is 11.8 Å².